The molecular formula is C38H60O10. The van der Waals surface area contributed by atoms with Gasteiger partial charge in [-0.1, -0.05) is 41.5 Å². The van der Waals surface area contributed by atoms with Crippen molar-refractivity contribution in [2.24, 2.45) is 50.7 Å². The number of aliphatic hydroxyl groups excluding tert-OH is 4. The molecule has 2 heterocycles. The lowest BCUT2D eigenvalue weighted by Crippen LogP contribution is -2.61. The van der Waals surface area contributed by atoms with Gasteiger partial charge in [-0.05, 0) is 104 Å². The van der Waals surface area contributed by atoms with Crippen LogP contribution in [0.2, 0.25) is 0 Å². The standard InChI is InChI=1S/C38H60O10/c1-18-16-22(31(34(6,7)44)46-20(3)39)47-29-26(18)35(8)14-15-38-19(2)37(38)13-12-25(48-32-28(42)27(41)21(40)17-45-32)33(4,5)23(37)10-11-24(38)36(35,9)30(29)43/h18-19,21-25,27-28,30-32,40-44H,10-17H2,1-9H3/t18-,19-,21-,22-,23+,24+,25+,27+,28-,30+,31+,32+,35-,36-,37-,38+/m1/s1. The third-order valence-electron chi connectivity index (χ3n) is 15.9. The normalized spacial score (nSPS) is 52.9. The molecule has 0 aromatic carbocycles. The van der Waals surface area contributed by atoms with Crippen molar-refractivity contribution < 1.29 is 49.3 Å². The molecule has 2 spiro atoms. The lowest BCUT2D eigenvalue weighted by atomic mass is 9.41. The molecule has 7 rings (SSSR count). The number of aliphatic hydroxyl groups is 5. The van der Waals surface area contributed by atoms with Gasteiger partial charge in [-0.2, -0.15) is 0 Å². The average molecular weight is 677 g/mol. The monoisotopic (exact) mass is 676 g/mol. The Morgan fingerprint density at radius 1 is 0.938 bits per heavy atom. The van der Waals surface area contributed by atoms with E-state index in [1.54, 1.807) is 13.8 Å². The highest BCUT2D eigenvalue weighted by molar-refractivity contribution is 5.66. The molecule has 5 fully saturated rings. The highest BCUT2D eigenvalue weighted by Crippen LogP contribution is 2.91. The average Bonchev–Trinajstić information content (AvgIpc) is 3.47. The second kappa shape index (κ2) is 10.9. The summed E-state index contributed by atoms with van der Waals surface area (Å²) in [4.78, 5) is 12.1. The van der Waals surface area contributed by atoms with Gasteiger partial charge in [-0.25, -0.2) is 0 Å². The molecule has 0 amide bonds. The third-order valence-corrected chi connectivity index (χ3v) is 15.9. The van der Waals surface area contributed by atoms with Gasteiger partial charge >= 0.3 is 5.97 Å². The van der Waals surface area contributed by atoms with E-state index in [-0.39, 0.29) is 46.2 Å². The van der Waals surface area contributed by atoms with Crippen molar-refractivity contribution in [3.05, 3.63) is 11.3 Å². The summed E-state index contributed by atoms with van der Waals surface area (Å²) in [6.07, 6.45) is -0.643. The number of carbonyl (C=O) groups excluding carboxylic acids is 1. The lowest BCUT2D eigenvalue weighted by molar-refractivity contribution is -0.303. The highest BCUT2D eigenvalue weighted by atomic mass is 16.7. The summed E-state index contributed by atoms with van der Waals surface area (Å²) < 4.78 is 24.5. The zero-order chi connectivity index (χ0) is 35.1. The van der Waals surface area contributed by atoms with Crippen LogP contribution in [0, 0.1) is 50.7 Å². The van der Waals surface area contributed by atoms with Crippen molar-refractivity contribution in [1.29, 1.82) is 0 Å². The van der Waals surface area contributed by atoms with E-state index >= 15 is 0 Å². The molecule has 10 nitrogen and oxygen atoms in total. The van der Waals surface area contributed by atoms with Crippen LogP contribution in [-0.2, 0) is 23.7 Å². The van der Waals surface area contributed by atoms with E-state index in [4.69, 9.17) is 18.9 Å². The molecule has 272 valence electrons. The van der Waals surface area contributed by atoms with E-state index in [1.807, 2.05) is 0 Å². The molecule has 5 N–H and O–H groups in total. The Labute approximate surface area is 285 Å². The number of allylic oxidation sites excluding steroid dienone is 1. The Kier molecular flexibility index (Phi) is 7.96. The summed E-state index contributed by atoms with van der Waals surface area (Å²) in [6.45, 7) is 18.4. The molecule has 2 aliphatic heterocycles. The minimum Gasteiger partial charge on any atom is -0.488 e. The van der Waals surface area contributed by atoms with Crippen LogP contribution in [0.15, 0.2) is 11.3 Å². The summed E-state index contributed by atoms with van der Waals surface area (Å²) in [5, 5.41) is 54.5. The predicted octanol–water partition coefficient (Wildman–Crippen LogP) is 3.84. The number of hydrogen-bond acceptors (Lipinski definition) is 10. The zero-order valence-corrected chi connectivity index (χ0v) is 30.4. The Morgan fingerprint density at radius 2 is 1.58 bits per heavy atom. The minimum absolute atomic E-state index is 0.0752. The first-order chi connectivity index (χ1) is 22.2. The van der Waals surface area contributed by atoms with Crippen LogP contribution >= 0.6 is 0 Å². The molecule has 4 saturated carbocycles. The molecule has 10 heteroatoms. The van der Waals surface area contributed by atoms with E-state index in [9.17, 15) is 30.3 Å². The van der Waals surface area contributed by atoms with Gasteiger partial charge in [0.1, 0.15) is 36.3 Å². The van der Waals surface area contributed by atoms with Gasteiger partial charge in [-0.15, -0.1) is 0 Å². The molecule has 0 aromatic rings. The molecule has 0 radical (unpaired) electrons. The minimum atomic E-state index is -1.31. The van der Waals surface area contributed by atoms with E-state index in [1.165, 1.54) is 12.5 Å². The van der Waals surface area contributed by atoms with Gasteiger partial charge in [0.2, 0.25) is 0 Å². The van der Waals surface area contributed by atoms with E-state index in [0.29, 0.717) is 24.0 Å². The van der Waals surface area contributed by atoms with E-state index < -0.39 is 59.9 Å². The number of hydrogen-bond donors (Lipinski definition) is 5. The molecular weight excluding hydrogens is 616 g/mol. The van der Waals surface area contributed by atoms with Crippen molar-refractivity contribution in [1.82, 2.24) is 0 Å². The van der Waals surface area contributed by atoms with Gasteiger partial charge < -0.3 is 44.5 Å². The molecule has 5 aliphatic carbocycles. The Balaban J connectivity index is 1.17. The summed E-state index contributed by atoms with van der Waals surface area (Å²) >= 11 is 0. The molecule has 1 saturated heterocycles. The third kappa shape index (κ3) is 4.26. The van der Waals surface area contributed by atoms with Gasteiger partial charge in [0.15, 0.2) is 12.4 Å². The number of ether oxygens (including phenoxy) is 4. The summed E-state index contributed by atoms with van der Waals surface area (Å²) in [5.41, 5.74) is -0.813. The van der Waals surface area contributed by atoms with Crippen LogP contribution in [0.5, 0.6) is 0 Å². The fraction of sp³-hybridized carbons (Fsp3) is 0.921. The SMILES string of the molecule is CC(=O)O[C@@H]([C@H]1C[C@@H](C)C2=C(O1)[C@H](O)[C@@]1(C)[C@@H]3CC[C@H]4C(C)(C)[C@@H](O[C@@H]5OC[C@@H](O)[C@H](O)[C@H]5O)CC[C@@]45[C@@H](C)[C@@]35CC[C@]21C)C(C)(C)O. The second-order valence-electron chi connectivity index (χ2n) is 18.5. The highest BCUT2D eigenvalue weighted by Gasteiger charge is 2.87. The van der Waals surface area contributed by atoms with Crippen LogP contribution in [0.4, 0.5) is 0 Å². The fourth-order valence-corrected chi connectivity index (χ4v) is 13.7. The first kappa shape index (κ1) is 35.1. The van der Waals surface area contributed by atoms with Crippen molar-refractivity contribution >= 4 is 5.97 Å². The van der Waals surface area contributed by atoms with Crippen molar-refractivity contribution in [3.63, 3.8) is 0 Å². The van der Waals surface area contributed by atoms with Gasteiger partial charge in [-0.3, -0.25) is 4.79 Å². The number of esters is 1. The van der Waals surface area contributed by atoms with Crippen LogP contribution in [0.3, 0.4) is 0 Å². The van der Waals surface area contributed by atoms with Gasteiger partial charge in [0.25, 0.3) is 0 Å². The van der Waals surface area contributed by atoms with Crippen molar-refractivity contribution in [2.75, 3.05) is 6.61 Å². The largest absolute Gasteiger partial charge is 0.488 e. The fourth-order valence-electron chi connectivity index (χ4n) is 13.7. The number of fused-ring (bicyclic) bond motifs is 3. The maximum Gasteiger partial charge on any atom is 0.303 e. The lowest BCUT2D eigenvalue weighted by Gasteiger charge is -2.63. The predicted molar refractivity (Wildman–Crippen MR) is 175 cm³/mol. The smallest absolute Gasteiger partial charge is 0.303 e. The molecule has 16 atom stereocenters. The summed E-state index contributed by atoms with van der Waals surface area (Å²) in [7, 11) is 0. The first-order valence-electron chi connectivity index (χ1n) is 18.5. The molecule has 0 unspecified atom stereocenters. The second-order valence-corrected chi connectivity index (χ2v) is 18.5. The topological polar surface area (TPSA) is 155 Å². The summed E-state index contributed by atoms with van der Waals surface area (Å²) in [6, 6.07) is 0. The molecule has 48 heavy (non-hydrogen) atoms. The first-order valence-corrected chi connectivity index (χ1v) is 18.5. The van der Waals surface area contributed by atoms with Crippen LogP contribution in [-0.4, -0.2) is 92.7 Å². The van der Waals surface area contributed by atoms with Crippen LogP contribution in [0.1, 0.15) is 107 Å². The maximum atomic E-state index is 12.5. The number of carbonyl (C=O) groups is 1. The number of rotatable bonds is 5. The van der Waals surface area contributed by atoms with Gasteiger partial charge in [0.05, 0.1) is 18.3 Å². The zero-order valence-electron chi connectivity index (χ0n) is 30.4. The maximum absolute atomic E-state index is 12.5. The summed E-state index contributed by atoms with van der Waals surface area (Å²) in [5.74, 6) is 1.43. The quantitative estimate of drug-likeness (QED) is 0.214. The Hall–Kier alpha value is -1.27. The Morgan fingerprint density at radius 3 is 2.23 bits per heavy atom. The van der Waals surface area contributed by atoms with Crippen molar-refractivity contribution in [2.45, 2.75) is 162 Å². The van der Waals surface area contributed by atoms with Gasteiger partial charge in [0, 0.05) is 17.8 Å². The molecule has 0 aromatic heterocycles. The molecule has 7 aliphatic rings. The van der Waals surface area contributed by atoms with Crippen LogP contribution in [0.25, 0.3) is 0 Å². The van der Waals surface area contributed by atoms with Crippen LogP contribution < -0.4 is 0 Å². The Bertz CT molecular complexity index is 1350. The van der Waals surface area contributed by atoms with E-state index in [0.717, 1.165) is 38.5 Å². The van der Waals surface area contributed by atoms with E-state index in [2.05, 4.69) is 41.5 Å². The van der Waals surface area contributed by atoms with Crippen molar-refractivity contribution in [3.8, 4) is 0 Å². The molecule has 0 bridgehead atoms.